The van der Waals surface area contributed by atoms with Crippen molar-refractivity contribution in [2.75, 3.05) is 6.54 Å². The van der Waals surface area contributed by atoms with E-state index < -0.39 is 21.9 Å². The smallest absolute Gasteiger partial charge is 0.276 e. The summed E-state index contributed by atoms with van der Waals surface area (Å²) in [6.07, 6.45) is 0. The summed E-state index contributed by atoms with van der Waals surface area (Å²) >= 11 is 0. The second kappa shape index (κ2) is 6.68. The van der Waals surface area contributed by atoms with Crippen LogP contribution in [0.1, 0.15) is 23.0 Å². The van der Waals surface area contributed by atoms with Crippen LogP contribution in [0.25, 0.3) is 0 Å². The summed E-state index contributed by atoms with van der Waals surface area (Å²) in [5, 5.41) is 4.30. The lowest BCUT2D eigenvalue weighted by molar-refractivity contribution is 0.289. The minimum Gasteiger partial charge on any atom is -0.276 e. The predicted octanol–water partition coefficient (Wildman–Crippen LogP) is 1.82. The number of nitrogens with zero attached hydrogens (tertiary/aromatic N) is 4. The quantitative estimate of drug-likeness (QED) is 0.670. The second-order valence-electron chi connectivity index (χ2n) is 6.76. The van der Waals surface area contributed by atoms with Crippen molar-refractivity contribution in [1.29, 1.82) is 0 Å². The molecular formula is C19H19FN4O3S. The fourth-order valence-corrected chi connectivity index (χ4v) is 5.17. The van der Waals surface area contributed by atoms with Crippen LogP contribution in [0.5, 0.6) is 0 Å². The van der Waals surface area contributed by atoms with Gasteiger partial charge in [-0.3, -0.25) is 4.57 Å². The van der Waals surface area contributed by atoms with Crippen molar-refractivity contribution in [3.05, 3.63) is 81.8 Å². The Labute approximate surface area is 161 Å². The molecule has 9 heteroatoms. The van der Waals surface area contributed by atoms with Crippen molar-refractivity contribution in [3.8, 4) is 0 Å². The molecule has 146 valence electrons. The third-order valence-electron chi connectivity index (χ3n) is 4.96. The van der Waals surface area contributed by atoms with E-state index in [4.69, 9.17) is 0 Å². The van der Waals surface area contributed by atoms with Crippen LogP contribution < -0.4 is 5.69 Å². The first-order chi connectivity index (χ1) is 13.3. The number of hydrogen-bond acceptors (Lipinski definition) is 4. The summed E-state index contributed by atoms with van der Waals surface area (Å²) in [7, 11) is -2.40. The van der Waals surface area contributed by atoms with Gasteiger partial charge >= 0.3 is 5.69 Å². The Morgan fingerprint density at radius 1 is 1.11 bits per heavy atom. The molecule has 0 bridgehead atoms. The lowest BCUT2D eigenvalue weighted by Gasteiger charge is -2.34. The molecule has 2 heterocycles. The average Bonchev–Trinajstić information content (AvgIpc) is 2.98. The van der Waals surface area contributed by atoms with Crippen LogP contribution in [0.15, 0.2) is 58.2 Å². The fraction of sp³-hybridized carbons (Fsp3) is 0.263. The Kier molecular flexibility index (Phi) is 4.43. The fourth-order valence-electron chi connectivity index (χ4n) is 3.51. The second-order valence-corrected chi connectivity index (χ2v) is 8.65. The minimum absolute atomic E-state index is 0.0130. The summed E-state index contributed by atoms with van der Waals surface area (Å²) in [5.41, 5.74) is 0.672. The molecule has 1 aromatic heterocycles. The number of aromatic nitrogens is 3. The molecule has 0 fully saturated rings. The van der Waals surface area contributed by atoms with Gasteiger partial charge in [0.15, 0.2) is 5.82 Å². The molecule has 3 aromatic rings. The maximum Gasteiger partial charge on any atom is 0.345 e. The van der Waals surface area contributed by atoms with Gasteiger partial charge in [-0.05, 0) is 36.2 Å². The highest BCUT2D eigenvalue weighted by Crippen LogP contribution is 2.34. The van der Waals surface area contributed by atoms with Crippen molar-refractivity contribution in [3.63, 3.8) is 0 Å². The van der Waals surface area contributed by atoms with Gasteiger partial charge in [-0.15, -0.1) is 0 Å². The molecule has 1 aliphatic rings. The number of hydrogen-bond donors (Lipinski definition) is 0. The van der Waals surface area contributed by atoms with Crippen LogP contribution >= 0.6 is 0 Å². The summed E-state index contributed by atoms with van der Waals surface area (Å²) in [6.45, 7) is 1.83. The van der Waals surface area contributed by atoms with Gasteiger partial charge in [0.05, 0.1) is 4.90 Å². The first-order valence-electron chi connectivity index (χ1n) is 8.77. The molecule has 1 atom stereocenters. The van der Waals surface area contributed by atoms with Gasteiger partial charge in [0.2, 0.25) is 10.0 Å². The normalized spacial score (nSPS) is 17.5. The van der Waals surface area contributed by atoms with E-state index in [1.165, 1.54) is 39.7 Å². The molecule has 0 amide bonds. The van der Waals surface area contributed by atoms with Crippen molar-refractivity contribution in [2.45, 2.75) is 24.4 Å². The molecule has 2 aromatic carbocycles. The summed E-state index contributed by atoms with van der Waals surface area (Å²) in [4.78, 5) is 12.4. The zero-order valence-corrected chi connectivity index (χ0v) is 16.2. The highest BCUT2D eigenvalue weighted by molar-refractivity contribution is 7.89. The first kappa shape index (κ1) is 18.6. The van der Waals surface area contributed by atoms with Crippen molar-refractivity contribution in [1.82, 2.24) is 18.7 Å². The van der Waals surface area contributed by atoms with Crippen molar-refractivity contribution in [2.24, 2.45) is 7.05 Å². The van der Waals surface area contributed by atoms with Crippen LogP contribution in [0.2, 0.25) is 0 Å². The van der Waals surface area contributed by atoms with Crippen molar-refractivity contribution < 1.29 is 12.8 Å². The highest BCUT2D eigenvalue weighted by atomic mass is 32.2. The number of halogens is 1. The Morgan fingerprint density at radius 2 is 1.82 bits per heavy atom. The van der Waals surface area contributed by atoms with Gasteiger partial charge in [-0.1, -0.05) is 30.3 Å². The van der Waals surface area contributed by atoms with Gasteiger partial charge in [0, 0.05) is 20.1 Å². The first-order valence-corrected chi connectivity index (χ1v) is 10.2. The molecule has 1 unspecified atom stereocenters. The van der Waals surface area contributed by atoms with Gasteiger partial charge in [0.1, 0.15) is 11.9 Å². The summed E-state index contributed by atoms with van der Waals surface area (Å²) in [5.74, 6) is -0.0943. The van der Waals surface area contributed by atoms with E-state index in [2.05, 4.69) is 5.10 Å². The topological polar surface area (TPSA) is 77.2 Å². The molecule has 1 aliphatic heterocycles. The monoisotopic (exact) mass is 402 g/mol. The molecule has 7 nitrogen and oxygen atoms in total. The van der Waals surface area contributed by atoms with Crippen LogP contribution in [0.4, 0.5) is 4.39 Å². The molecule has 28 heavy (non-hydrogen) atoms. The number of aryl methyl sites for hydroxylation is 2. The number of fused-ring (bicyclic) bond motifs is 1. The third kappa shape index (κ3) is 2.87. The van der Waals surface area contributed by atoms with E-state index in [0.29, 0.717) is 11.4 Å². The number of benzene rings is 2. The largest absolute Gasteiger partial charge is 0.345 e. The van der Waals surface area contributed by atoms with E-state index in [0.717, 1.165) is 6.07 Å². The Bertz CT molecular complexity index is 1200. The molecule has 0 spiro atoms. The standard InChI is InChI=1S/C19H19FN4O3S/c1-13-12-15(8-9-16(13)20)28(26,27)24-11-10-23-18(21-22(2)19(23)25)17(24)14-6-4-3-5-7-14/h3-9,12,17H,10-11H2,1-2H3. The molecular weight excluding hydrogens is 383 g/mol. The molecule has 0 radical (unpaired) electrons. The van der Waals surface area contributed by atoms with Gasteiger partial charge in [-0.2, -0.15) is 9.40 Å². The summed E-state index contributed by atoms with van der Waals surface area (Å²) in [6, 6.07) is 12.0. The Balaban J connectivity index is 1.90. The average molecular weight is 402 g/mol. The number of sulfonamides is 1. The van der Waals surface area contributed by atoms with Crippen LogP contribution in [0, 0.1) is 12.7 Å². The van der Waals surface area contributed by atoms with E-state index in [1.807, 2.05) is 18.2 Å². The Hall–Kier alpha value is -2.78. The van der Waals surface area contributed by atoms with Gasteiger partial charge in [0.25, 0.3) is 0 Å². The SMILES string of the molecule is Cc1cc(S(=O)(=O)N2CCn3c(nn(C)c3=O)C2c2ccccc2)ccc1F. The lowest BCUT2D eigenvalue weighted by atomic mass is 10.1. The molecule has 0 saturated heterocycles. The zero-order chi connectivity index (χ0) is 20.1. The molecule has 0 aliphatic carbocycles. The number of rotatable bonds is 3. The van der Waals surface area contributed by atoms with E-state index in [-0.39, 0.29) is 29.2 Å². The minimum atomic E-state index is -3.94. The van der Waals surface area contributed by atoms with Gasteiger partial charge in [-0.25, -0.2) is 22.3 Å². The maximum absolute atomic E-state index is 13.7. The van der Waals surface area contributed by atoms with E-state index >= 15 is 0 Å². The maximum atomic E-state index is 13.7. The Morgan fingerprint density at radius 3 is 2.50 bits per heavy atom. The van der Waals surface area contributed by atoms with Crippen LogP contribution in [-0.4, -0.2) is 33.6 Å². The molecule has 4 rings (SSSR count). The highest BCUT2D eigenvalue weighted by Gasteiger charge is 2.40. The molecule has 0 saturated carbocycles. The van der Waals surface area contributed by atoms with Crippen LogP contribution in [-0.2, 0) is 23.6 Å². The predicted molar refractivity (Wildman–Crippen MR) is 101 cm³/mol. The van der Waals surface area contributed by atoms with E-state index in [1.54, 1.807) is 12.1 Å². The molecule has 0 N–H and O–H groups in total. The van der Waals surface area contributed by atoms with Crippen LogP contribution in [0.3, 0.4) is 0 Å². The lowest BCUT2D eigenvalue weighted by Crippen LogP contribution is -2.44. The van der Waals surface area contributed by atoms with Gasteiger partial charge < -0.3 is 0 Å². The zero-order valence-electron chi connectivity index (χ0n) is 15.4. The van der Waals surface area contributed by atoms with Crippen molar-refractivity contribution >= 4 is 10.0 Å². The third-order valence-corrected chi connectivity index (χ3v) is 6.83. The summed E-state index contributed by atoms with van der Waals surface area (Å²) < 4.78 is 44.5. The van der Waals surface area contributed by atoms with E-state index in [9.17, 15) is 17.6 Å².